The molecule has 0 aromatic heterocycles. The summed E-state index contributed by atoms with van der Waals surface area (Å²) in [4.78, 5) is 16.8. The number of hydrogen-bond donors (Lipinski definition) is 2. The highest BCUT2D eigenvalue weighted by molar-refractivity contribution is 8.13. The van der Waals surface area contributed by atoms with E-state index >= 15 is 0 Å². The number of rotatable bonds is 5. The van der Waals surface area contributed by atoms with Crippen LogP contribution in [0.15, 0.2) is 64.8 Å². The Bertz CT molecular complexity index is 1010. The van der Waals surface area contributed by atoms with E-state index in [1.54, 1.807) is 20.1 Å². The highest BCUT2D eigenvalue weighted by Gasteiger charge is 2.29. The number of hydrogen-bond acceptors (Lipinski definition) is 6. The predicted octanol–water partition coefficient (Wildman–Crippen LogP) is 3.26. The van der Waals surface area contributed by atoms with E-state index in [4.69, 9.17) is 15.5 Å². The van der Waals surface area contributed by atoms with Crippen molar-refractivity contribution in [3.63, 3.8) is 0 Å². The van der Waals surface area contributed by atoms with Gasteiger partial charge in [0.2, 0.25) is 5.91 Å². The molecule has 142 valence electrons. The minimum absolute atomic E-state index is 0.409. The smallest absolute Gasteiger partial charge is 0.248 e. The molecule has 1 aliphatic heterocycles. The van der Waals surface area contributed by atoms with Crippen LogP contribution in [0.3, 0.4) is 0 Å². The van der Waals surface area contributed by atoms with Crippen molar-refractivity contribution in [3.8, 4) is 11.8 Å². The van der Waals surface area contributed by atoms with Gasteiger partial charge in [-0.1, -0.05) is 48.2 Å². The lowest BCUT2D eigenvalue weighted by Crippen LogP contribution is -2.32. The number of ether oxygens (including phenoxy) is 1. The van der Waals surface area contributed by atoms with E-state index < -0.39 is 11.9 Å². The number of nitrogens with zero attached hydrogens (tertiary/aromatic N) is 2. The normalized spacial score (nSPS) is 16.0. The average Bonchev–Trinajstić information content (AvgIpc) is 2.71. The molecule has 0 saturated carbocycles. The predicted molar refractivity (Wildman–Crippen MR) is 111 cm³/mol. The first-order chi connectivity index (χ1) is 13.5. The van der Waals surface area contributed by atoms with Crippen molar-refractivity contribution >= 4 is 22.8 Å². The summed E-state index contributed by atoms with van der Waals surface area (Å²) in [6.45, 7) is 1.81. The molecule has 6 nitrogen and oxygen atoms in total. The molecule has 28 heavy (non-hydrogen) atoms. The lowest BCUT2D eigenvalue weighted by atomic mass is 9.95. The summed E-state index contributed by atoms with van der Waals surface area (Å²) < 4.78 is 5.45. The van der Waals surface area contributed by atoms with Crippen LogP contribution in [-0.2, 0) is 10.5 Å². The summed E-state index contributed by atoms with van der Waals surface area (Å²) in [6, 6.07) is 16.6. The Labute approximate surface area is 168 Å². The van der Waals surface area contributed by atoms with Crippen molar-refractivity contribution < 1.29 is 9.53 Å². The van der Waals surface area contributed by atoms with Gasteiger partial charge in [-0.15, -0.1) is 0 Å². The molecule has 0 bridgehead atoms. The molecule has 1 atom stereocenters. The van der Waals surface area contributed by atoms with Gasteiger partial charge in [0.15, 0.2) is 5.17 Å². The van der Waals surface area contributed by atoms with Crippen LogP contribution in [-0.4, -0.2) is 18.2 Å². The maximum atomic E-state index is 12.1. The Morgan fingerprint density at radius 1 is 1.29 bits per heavy atom. The summed E-state index contributed by atoms with van der Waals surface area (Å²) in [7, 11) is 1.58. The fourth-order valence-electron chi connectivity index (χ4n) is 3.06. The molecule has 7 heteroatoms. The van der Waals surface area contributed by atoms with E-state index in [-0.39, 0.29) is 0 Å². The summed E-state index contributed by atoms with van der Waals surface area (Å²) >= 11 is 1.47. The van der Waals surface area contributed by atoms with Gasteiger partial charge in [-0.3, -0.25) is 4.79 Å². The number of primary amides is 1. The number of thioether (sulfide) groups is 1. The SMILES string of the molecule is COc1ccccc1[C@H]1N=C(SCc2ccccc2C#N)NC(C)=C1C(N)=O. The maximum absolute atomic E-state index is 12.1. The number of amidine groups is 1. The summed E-state index contributed by atoms with van der Waals surface area (Å²) in [5.41, 5.74) is 9.04. The van der Waals surface area contributed by atoms with Crippen molar-refractivity contribution in [2.45, 2.75) is 18.7 Å². The highest BCUT2D eigenvalue weighted by Crippen LogP contribution is 2.37. The van der Waals surface area contributed by atoms with Gasteiger partial charge in [-0.2, -0.15) is 5.26 Å². The number of para-hydroxylation sites is 1. The molecule has 0 saturated heterocycles. The number of benzene rings is 2. The zero-order chi connectivity index (χ0) is 20.1. The van der Waals surface area contributed by atoms with E-state index in [0.717, 1.165) is 11.1 Å². The molecule has 2 aromatic rings. The minimum Gasteiger partial charge on any atom is -0.496 e. The molecule has 1 heterocycles. The number of nitrogens with two attached hydrogens (primary N) is 1. The topological polar surface area (TPSA) is 100 Å². The van der Waals surface area contributed by atoms with E-state index in [2.05, 4.69) is 11.4 Å². The summed E-state index contributed by atoms with van der Waals surface area (Å²) in [5, 5.41) is 13.1. The molecule has 1 aliphatic rings. The van der Waals surface area contributed by atoms with Gasteiger partial charge in [0.25, 0.3) is 0 Å². The maximum Gasteiger partial charge on any atom is 0.248 e. The highest BCUT2D eigenvalue weighted by atomic mass is 32.2. The Kier molecular flexibility index (Phi) is 6.02. The van der Waals surface area contributed by atoms with Crippen LogP contribution in [0, 0.1) is 11.3 Å². The first-order valence-electron chi connectivity index (χ1n) is 8.64. The lowest BCUT2D eigenvalue weighted by Gasteiger charge is -2.26. The Hall–Kier alpha value is -3.24. The molecule has 1 amide bonds. The Balaban J connectivity index is 1.93. The molecule has 3 N–H and O–H groups in total. The van der Waals surface area contributed by atoms with Crippen molar-refractivity contribution in [2.75, 3.05) is 7.11 Å². The number of allylic oxidation sites excluding steroid dienone is 1. The number of aliphatic imine (C=N–C) groups is 1. The molecule has 0 fully saturated rings. The van der Waals surface area contributed by atoms with Crippen molar-refractivity contribution in [2.24, 2.45) is 10.7 Å². The second-order valence-electron chi connectivity index (χ2n) is 6.16. The number of carbonyl (C=O) groups is 1. The van der Waals surface area contributed by atoms with Gasteiger partial charge >= 0.3 is 0 Å². The van der Waals surface area contributed by atoms with E-state index in [0.29, 0.717) is 33.5 Å². The van der Waals surface area contributed by atoms with Crippen LogP contribution in [0.1, 0.15) is 29.7 Å². The fourth-order valence-corrected chi connectivity index (χ4v) is 4.01. The van der Waals surface area contributed by atoms with Crippen LogP contribution < -0.4 is 15.8 Å². The zero-order valence-electron chi connectivity index (χ0n) is 15.6. The number of amides is 1. The molecule has 2 aromatic carbocycles. The van der Waals surface area contributed by atoms with Crippen molar-refractivity contribution in [3.05, 3.63) is 76.5 Å². The average molecular weight is 392 g/mol. The second kappa shape index (κ2) is 8.63. The number of carbonyl (C=O) groups excluding carboxylic acids is 1. The third kappa shape index (κ3) is 4.02. The first kappa shape index (κ1) is 19.5. The van der Waals surface area contributed by atoms with Gasteiger partial charge in [0.05, 0.1) is 24.3 Å². The van der Waals surface area contributed by atoms with Gasteiger partial charge in [0, 0.05) is 17.0 Å². The third-order valence-electron chi connectivity index (χ3n) is 4.42. The Morgan fingerprint density at radius 3 is 2.71 bits per heavy atom. The van der Waals surface area contributed by atoms with E-state index in [1.807, 2.05) is 42.5 Å². The second-order valence-corrected chi connectivity index (χ2v) is 7.13. The van der Waals surface area contributed by atoms with Crippen LogP contribution in [0.2, 0.25) is 0 Å². The van der Waals surface area contributed by atoms with Crippen LogP contribution >= 0.6 is 11.8 Å². The summed E-state index contributed by atoms with van der Waals surface area (Å²) in [6.07, 6.45) is 0. The molecular formula is C21H20N4O2S. The van der Waals surface area contributed by atoms with E-state index in [9.17, 15) is 10.1 Å². The van der Waals surface area contributed by atoms with Gasteiger partial charge in [-0.05, 0) is 24.6 Å². The standard InChI is InChI=1S/C21H20N4O2S/c1-13-18(20(23)26)19(16-9-5-6-10-17(16)27-2)25-21(24-13)28-12-15-8-4-3-7-14(15)11-22/h3-10,19H,12H2,1-2H3,(H2,23,26)(H,24,25)/t19-/m1/s1. The molecule has 0 spiro atoms. The van der Waals surface area contributed by atoms with E-state index in [1.165, 1.54) is 11.8 Å². The van der Waals surface area contributed by atoms with Crippen molar-refractivity contribution in [1.82, 2.24) is 5.32 Å². The zero-order valence-corrected chi connectivity index (χ0v) is 16.4. The van der Waals surface area contributed by atoms with Gasteiger partial charge in [-0.25, -0.2) is 4.99 Å². The number of methoxy groups -OCH3 is 1. The van der Waals surface area contributed by atoms with Gasteiger partial charge < -0.3 is 15.8 Å². The molecule has 0 radical (unpaired) electrons. The van der Waals surface area contributed by atoms with Crippen molar-refractivity contribution in [1.29, 1.82) is 5.26 Å². The Morgan fingerprint density at radius 2 is 2.00 bits per heavy atom. The first-order valence-corrected chi connectivity index (χ1v) is 9.62. The largest absolute Gasteiger partial charge is 0.496 e. The molecule has 3 rings (SSSR count). The number of nitrogens with one attached hydrogen (secondary N) is 1. The lowest BCUT2D eigenvalue weighted by molar-refractivity contribution is -0.114. The van der Waals surface area contributed by atoms with Gasteiger partial charge in [0.1, 0.15) is 11.8 Å². The minimum atomic E-state index is -0.552. The number of nitriles is 1. The third-order valence-corrected chi connectivity index (χ3v) is 5.36. The fraction of sp³-hybridized carbons (Fsp3) is 0.190. The molecular weight excluding hydrogens is 372 g/mol. The van der Waals surface area contributed by atoms with Crippen LogP contribution in [0.25, 0.3) is 0 Å². The molecule has 0 unspecified atom stereocenters. The van der Waals surface area contributed by atoms with Crippen LogP contribution in [0.5, 0.6) is 5.75 Å². The molecule has 0 aliphatic carbocycles. The van der Waals surface area contributed by atoms with Crippen LogP contribution in [0.4, 0.5) is 0 Å². The quantitative estimate of drug-likeness (QED) is 0.813. The monoisotopic (exact) mass is 392 g/mol. The summed E-state index contributed by atoms with van der Waals surface area (Å²) in [5.74, 6) is 0.695.